The van der Waals surface area contributed by atoms with Gasteiger partial charge in [-0.25, -0.2) is 9.48 Å². The van der Waals surface area contributed by atoms with E-state index in [1.807, 2.05) is 71.6 Å². The molecule has 2 saturated carbocycles. The maximum atomic E-state index is 12.0. The molecule has 1 N–H and O–H groups in total. The van der Waals surface area contributed by atoms with Crippen LogP contribution in [-0.4, -0.2) is 40.0 Å². The zero-order valence-electron chi connectivity index (χ0n) is 16.1. The second-order valence-corrected chi connectivity index (χ2v) is 6.25. The van der Waals surface area contributed by atoms with Crippen LogP contribution in [0.1, 0.15) is 19.5 Å². The fourth-order valence-electron chi connectivity index (χ4n) is 2.36. The Morgan fingerprint density at radius 1 is 1.07 bits per heavy atom. The van der Waals surface area contributed by atoms with Gasteiger partial charge in [0.15, 0.2) is 0 Å². The number of carbonyl (C=O) groups excluding carboxylic acids is 2. The van der Waals surface area contributed by atoms with Crippen LogP contribution in [0.5, 0.6) is 0 Å². The van der Waals surface area contributed by atoms with Crippen molar-refractivity contribution < 1.29 is 31.4 Å². The Morgan fingerprint density at radius 3 is 2.14 bits per heavy atom. The molecule has 0 spiro atoms. The first-order chi connectivity index (χ1) is 13.0. The predicted octanol–water partition coefficient (Wildman–Crippen LogP) is 1.36. The zero-order valence-corrected chi connectivity index (χ0v) is 17.2. The van der Waals surface area contributed by atoms with Crippen LogP contribution in [0.3, 0.4) is 0 Å². The van der Waals surface area contributed by atoms with Gasteiger partial charge in [-0.3, -0.25) is 4.79 Å². The molecule has 8 heteroatoms. The molecule has 0 saturated heterocycles. The average Bonchev–Trinajstić information content (AvgIpc) is 3.42. The number of esters is 1. The summed E-state index contributed by atoms with van der Waals surface area (Å²) in [4.78, 5) is 23.7. The van der Waals surface area contributed by atoms with Crippen molar-refractivity contribution in [3.05, 3.63) is 75.6 Å². The van der Waals surface area contributed by atoms with E-state index in [1.54, 1.807) is 6.20 Å². The summed E-state index contributed by atoms with van der Waals surface area (Å²) >= 11 is 0. The summed E-state index contributed by atoms with van der Waals surface area (Å²) < 4.78 is 6.13. The maximum Gasteiger partial charge on any atom is 2.00 e. The van der Waals surface area contributed by atoms with Crippen LogP contribution in [0, 0.1) is 69.6 Å². The van der Waals surface area contributed by atoms with Crippen LogP contribution in [0.4, 0.5) is 0 Å². The molecular formula is C20H24FeN4O3+2. The molecule has 1 atom stereocenters. The van der Waals surface area contributed by atoms with Crippen LogP contribution in [0.25, 0.3) is 0 Å². The van der Waals surface area contributed by atoms with Gasteiger partial charge in [-0.05, 0) is 63.7 Å². The molecular weight excluding hydrogens is 400 g/mol. The third-order valence-corrected chi connectivity index (χ3v) is 3.80. The van der Waals surface area contributed by atoms with E-state index in [9.17, 15) is 9.59 Å². The fourth-order valence-corrected chi connectivity index (χ4v) is 2.36. The molecule has 7 nitrogen and oxygen atoms in total. The standard InChI is InChI=1S/C15H19N4O3.C5H5.Fe/c1-10(2)14(15(21)22-3)16-13(20)9-19-8-12(17-18-19)11-6-4-5-7-11;1-2-4-5-3-1;/h4-8,10,14H,9H2,1-3H3,(H,16,20);1-5H;/q;;+2/t14-;;/m0../s1. The van der Waals surface area contributed by atoms with Crippen LogP contribution in [0.2, 0.25) is 0 Å². The SMILES string of the molecule is COC(=O)[C@@H](NC(=O)Cn1cc([C]2[CH][CH][CH][CH]2)nn1)C(C)C.[CH]1[CH][CH][CH][CH]1.[Fe+2]. The molecule has 3 rings (SSSR count). The molecule has 1 heterocycles. The number of nitrogens with one attached hydrogen (secondary N) is 1. The smallest absolute Gasteiger partial charge is 0.467 e. The monoisotopic (exact) mass is 424 g/mol. The number of aromatic nitrogens is 3. The van der Waals surface area contributed by atoms with Crippen molar-refractivity contribution in [3.8, 4) is 0 Å². The fraction of sp³-hybridized carbons (Fsp3) is 0.300. The van der Waals surface area contributed by atoms with Crippen molar-refractivity contribution in [1.29, 1.82) is 0 Å². The average molecular weight is 424 g/mol. The Labute approximate surface area is 178 Å². The van der Waals surface area contributed by atoms with Crippen molar-refractivity contribution >= 4 is 11.9 Å². The summed E-state index contributed by atoms with van der Waals surface area (Å²) in [5, 5.41) is 10.6. The quantitative estimate of drug-likeness (QED) is 0.551. The van der Waals surface area contributed by atoms with E-state index in [2.05, 4.69) is 20.4 Å². The van der Waals surface area contributed by atoms with E-state index in [0.29, 0.717) is 5.69 Å². The molecule has 2 aliphatic carbocycles. The largest absolute Gasteiger partial charge is 2.00 e. The van der Waals surface area contributed by atoms with Crippen molar-refractivity contribution in [2.24, 2.45) is 5.92 Å². The Bertz CT molecular complexity index is 588. The van der Waals surface area contributed by atoms with Crippen molar-refractivity contribution in [2.45, 2.75) is 26.4 Å². The predicted molar refractivity (Wildman–Crippen MR) is 99.9 cm³/mol. The van der Waals surface area contributed by atoms with Crippen LogP contribution in [0.15, 0.2) is 6.20 Å². The van der Waals surface area contributed by atoms with Crippen molar-refractivity contribution in [1.82, 2.24) is 20.3 Å². The van der Waals surface area contributed by atoms with Gasteiger partial charge < -0.3 is 10.1 Å². The molecule has 28 heavy (non-hydrogen) atoms. The Morgan fingerprint density at radius 2 is 1.64 bits per heavy atom. The summed E-state index contributed by atoms with van der Waals surface area (Å²) in [6, 6.07) is -0.671. The maximum absolute atomic E-state index is 12.0. The van der Waals surface area contributed by atoms with E-state index < -0.39 is 12.0 Å². The number of ether oxygens (including phenoxy) is 1. The Kier molecular flexibility index (Phi) is 11.4. The van der Waals surface area contributed by atoms with E-state index >= 15 is 0 Å². The van der Waals surface area contributed by atoms with E-state index in [-0.39, 0.29) is 35.4 Å². The topological polar surface area (TPSA) is 86.1 Å². The molecule has 0 aromatic carbocycles. The number of amides is 1. The summed E-state index contributed by atoms with van der Waals surface area (Å²) in [6.07, 6.45) is 19.3. The van der Waals surface area contributed by atoms with Gasteiger partial charge in [0.25, 0.3) is 0 Å². The molecule has 0 aliphatic heterocycles. The van der Waals surface area contributed by atoms with Crippen molar-refractivity contribution in [2.75, 3.05) is 7.11 Å². The van der Waals surface area contributed by atoms with E-state index in [4.69, 9.17) is 0 Å². The van der Waals surface area contributed by atoms with Crippen LogP contribution < -0.4 is 5.32 Å². The molecule has 1 aromatic heterocycles. The number of rotatable bonds is 6. The minimum absolute atomic E-state index is 0. The zero-order chi connectivity index (χ0) is 19.6. The molecule has 2 fully saturated rings. The van der Waals surface area contributed by atoms with Gasteiger partial charge in [-0.15, -0.1) is 5.10 Å². The van der Waals surface area contributed by atoms with Gasteiger partial charge in [0, 0.05) is 12.1 Å². The molecule has 0 unspecified atom stereocenters. The summed E-state index contributed by atoms with van der Waals surface area (Å²) in [7, 11) is 1.30. The van der Waals surface area contributed by atoms with E-state index in [0.717, 1.165) is 5.92 Å². The first kappa shape index (κ1) is 24.6. The van der Waals surface area contributed by atoms with Gasteiger partial charge in [0.1, 0.15) is 12.6 Å². The molecule has 148 valence electrons. The molecule has 2 aliphatic rings. The van der Waals surface area contributed by atoms with Gasteiger partial charge >= 0.3 is 23.0 Å². The number of hydrogen-bond donors (Lipinski definition) is 1. The van der Waals surface area contributed by atoms with Gasteiger partial charge in [0.2, 0.25) is 5.91 Å². The summed E-state index contributed by atoms with van der Waals surface area (Å²) in [5.41, 5.74) is 0.700. The van der Waals surface area contributed by atoms with Gasteiger partial charge in [-0.2, -0.15) is 0 Å². The normalized spacial score (nSPS) is 17.4. The number of carbonyl (C=O) groups is 2. The molecule has 0 bridgehead atoms. The first-order valence-corrected chi connectivity index (χ1v) is 8.67. The number of methoxy groups -OCH3 is 1. The second kappa shape index (κ2) is 12.9. The Hall–Kier alpha value is -1.40. The third-order valence-electron chi connectivity index (χ3n) is 3.80. The minimum atomic E-state index is -0.671. The van der Waals surface area contributed by atoms with E-state index in [1.165, 1.54) is 11.8 Å². The number of hydrogen-bond acceptors (Lipinski definition) is 5. The second-order valence-electron chi connectivity index (χ2n) is 6.25. The summed E-state index contributed by atoms with van der Waals surface area (Å²) in [6.45, 7) is 3.67. The van der Waals surface area contributed by atoms with Crippen LogP contribution >= 0.6 is 0 Å². The third kappa shape index (κ3) is 7.92. The molecule has 10 radical (unpaired) electrons. The molecule has 1 amide bonds. The van der Waals surface area contributed by atoms with Crippen LogP contribution in [-0.2, 0) is 37.9 Å². The summed E-state index contributed by atoms with van der Waals surface area (Å²) in [5.74, 6) is 0.107. The first-order valence-electron chi connectivity index (χ1n) is 8.67. The minimum Gasteiger partial charge on any atom is -0.467 e. The molecule has 1 aromatic rings. The van der Waals surface area contributed by atoms with Gasteiger partial charge in [0.05, 0.1) is 12.8 Å². The Balaban J connectivity index is 0.000000567. The van der Waals surface area contributed by atoms with Crippen molar-refractivity contribution in [3.63, 3.8) is 0 Å². The number of nitrogens with zero attached hydrogens (tertiary/aromatic N) is 3. The van der Waals surface area contributed by atoms with Gasteiger partial charge in [-0.1, -0.05) is 19.1 Å².